The van der Waals surface area contributed by atoms with E-state index < -0.39 is 0 Å². The molecule has 0 aliphatic carbocycles. The lowest BCUT2D eigenvalue weighted by Gasteiger charge is -2.15. The van der Waals surface area contributed by atoms with E-state index in [2.05, 4.69) is 20.3 Å². The van der Waals surface area contributed by atoms with Gasteiger partial charge in [-0.3, -0.25) is 9.78 Å². The highest BCUT2D eigenvalue weighted by atomic mass is 32.1. The second-order valence-electron chi connectivity index (χ2n) is 5.97. The molecule has 0 unspecified atom stereocenters. The van der Waals surface area contributed by atoms with Gasteiger partial charge >= 0.3 is 0 Å². The molecule has 1 fully saturated rings. The van der Waals surface area contributed by atoms with Gasteiger partial charge in [0.1, 0.15) is 0 Å². The third-order valence-corrected chi connectivity index (χ3v) is 5.12. The SMILES string of the molecule is Nc1cc2nc(NCc3cccnc3)nc(C(=O)N3CCCC3)c2s1. The highest BCUT2D eigenvalue weighted by Gasteiger charge is 2.24. The monoisotopic (exact) mass is 354 g/mol. The Morgan fingerprint density at radius 3 is 2.92 bits per heavy atom. The van der Waals surface area contributed by atoms with E-state index in [0.29, 0.717) is 28.7 Å². The van der Waals surface area contributed by atoms with Gasteiger partial charge in [-0.05, 0) is 30.5 Å². The first-order valence-electron chi connectivity index (χ1n) is 8.20. The molecule has 1 amide bonds. The highest BCUT2D eigenvalue weighted by Crippen LogP contribution is 2.30. The molecule has 0 atom stereocenters. The number of nitrogen functional groups attached to an aromatic ring is 1. The Morgan fingerprint density at radius 2 is 2.16 bits per heavy atom. The number of hydrogen-bond acceptors (Lipinski definition) is 7. The molecule has 25 heavy (non-hydrogen) atoms. The Morgan fingerprint density at radius 1 is 1.32 bits per heavy atom. The molecule has 1 aliphatic rings. The van der Waals surface area contributed by atoms with Crippen molar-refractivity contribution in [2.24, 2.45) is 0 Å². The minimum atomic E-state index is -0.0452. The molecular weight excluding hydrogens is 336 g/mol. The number of thiophene rings is 1. The lowest BCUT2D eigenvalue weighted by Crippen LogP contribution is -2.28. The van der Waals surface area contributed by atoms with Crippen molar-refractivity contribution in [1.29, 1.82) is 0 Å². The quantitative estimate of drug-likeness (QED) is 0.747. The van der Waals surface area contributed by atoms with Gasteiger partial charge in [0.05, 0.1) is 15.2 Å². The molecule has 7 nitrogen and oxygen atoms in total. The molecule has 4 rings (SSSR count). The summed E-state index contributed by atoms with van der Waals surface area (Å²) in [5, 5.41) is 3.81. The second kappa shape index (κ2) is 6.64. The fraction of sp³-hybridized carbons (Fsp3) is 0.294. The van der Waals surface area contributed by atoms with Crippen LogP contribution in [0.3, 0.4) is 0 Å². The summed E-state index contributed by atoms with van der Waals surface area (Å²) in [7, 11) is 0. The maximum Gasteiger partial charge on any atom is 0.274 e. The maximum atomic E-state index is 12.9. The highest BCUT2D eigenvalue weighted by molar-refractivity contribution is 7.22. The zero-order valence-electron chi connectivity index (χ0n) is 13.6. The number of hydrogen-bond donors (Lipinski definition) is 2. The van der Waals surface area contributed by atoms with Gasteiger partial charge in [0.25, 0.3) is 5.91 Å². The van der Waals surface area contributed by atoms with Crippen LogP contribution in [0.5, 0.6) is 0 Å². The number of nitrogens with one attached hydrogen (secondary N) is 1. The third-order valence-electron chi connectivity index (χ3n) is 4.16. The molecule has 128 valence electrons. The number of rotatable bonds is 4. The van der Waals surface area contributed by atoms with Gasteiger partial charge in [-0.2, -0.15) is 0 Å². The molecule has 4 heterocycles. The van der Waals surface area contributed by atoms with Gasteiger partial charge in [-0.1, -0.05) is 6.07 Å². The summed E-state index contributed by atoms with van der Waals surface area (Å²) in [5.41, 5.74) is 8.08. The molecule has 0 bridgehead atoms. The molecule has 0 saturated carbocycles. The average Bonchev–Trinajstić information content (AvgIpc) is 3.28. The number of likely N-dealkylation sites (tertiary alicyclic amines) is 1. The Hall–Kier alpha value is -2.74. The van der Waals surface area contributed by atoms with E-state index in [9.17, 15) is 4.79 Å². The van der Waals surface area contributed by atoms with Crippen molar-refractivity contribution in [1.82, 2.24) is 19.9 Å². The van der Waals surface area contributed by atoms with Crippen LogP contribution in [0, 0.1) is 0 Å². The normalized spacial score (nSPS) is 14.2. The van der Waals surface area contributed by atoms with Crippen LogP contribution in [-0.2, 0) is 6.54 Å². The number of carbonyl (C=O) groups is 1. The summed E-state index contributed by atoms with van der Waals surface area (Å²) in [6.07, 6.45) is 5.59. The topological polar surface area (TPSA) is 97.0 Å². The molecule has 3 N–H and O–H groups in total. The predicted molar refractivity (Wildman–Crippen MR) is 98.5 cm³/mol. The molecule has 3 aromatic rings. The Balaban J connectivity index is 1.66. The van der Waals surface area contributed by atoms with Crippen LogP contribution in [0.4, 0.5) is 10.9 Å². The van der Waals surface area contributed by atoms with Crippen molar-refractivity contribution in [2.45, 2.75) is 19.4 Å². The minimum absolute atomic E-state index is 0.0452. The van der Waals surface area contributed by atoms with Gasteiger partial charge < -0.3 is 16.0 Å². The van der Waals surface area contributed by atoms with Crippen LogP contribution in [0.25, 0.3) is 10.2 Å². The first-order chi connectivity index (χ1) is 12.2. The largest absolute Gasteiger partial charge is 0.391 e. The maximum absolute atomic E-state index is 12.9. The molecule has 0 spiro atoms. The van der Waals surface area contributed by atoms with Gasteiger partial charge in [-0.15, -0.1) is 11.3 Å². The minimum Gasteiger partial charge on any atom is -0.391 e. The molecular formula is C17H18N6OS. The lowest BCUT2D eigenvalue weighted by atomic mass is 10.3. The van der Waals surface area contributed by atoms with Crippen LogP contribution in [0.2, 0.25) is 0 Å². The van der Waals surface area contributed by atoms with Crippen molar-refractivity contribution in [2.75, 3.05) is 24.1 Å². The zero-order chi connectivity index (χ0) is 17.2. The molecule has 1 saturated heterocycles. The number of amides is 1. The van der Waals surface area contributed by atoms with Crippen LogP contribution >= 0.6 is 11.3 Å². The van der Waals surface area contributed by atoms with Crippen molar-refractivity contribution < 1.29 is 4.79 Å². The lowest BCUT2D eigenvalue weighted by molar-refractivity contribution is 0.0789. The molecule has 0 radical (unpaired) electrons. The number of aromatic nitrogens is 3. The molecule has 0 aromatic carbocycles. The van der Waals surface area contributed by atoms with Crippen LogP contribution in [-0.4, -0.2) is 38.8 Å². The fourth-order valence-corrected chi connectivity index (χ4v) is 3.77. The Kier molecular flexibility index (Phi) is 4.19. The molecule has 1 aliphatic heterocycles. The van der Waals surface area contributed by atoms with E-state index in [-0.39, 0.29) is 5.91 Å². The number of carbonyl (C=O) groups excluding carboxylic acids is 1. The Labute approximate surface area is 148 Å². The summed E-state index contributed by atoms with van der Waals surface area (Å²) in [6.45, 7) is 2.10. The standard InChI is InChI=1S/C17H18N6OS/c18-13-8-12-15(25-13)14(16(24)23-6-1-2-7-23)22-17(21-12)20-10-11-4-3-5-19-9-11/h3-5,8-9H,1-2,6-7,10,18H2,(H,20,21,22). The van der Waals surface area contributed by atoms with Gasteiger partial charge in [0.2, 0.25) is 5.95 Å². The van der Waals surface area contributed by atoms with Gasteiger partial charge in [0, 0.05) is 32.0 Å². The average molecular weight is 354 g/mol. The van der Waals surface area contributed by atoms with Crippen molar-refractivity contribution >= 4 is 38.4 Å². The van der Waals surface area contributed by atoms with Crippen LogP contribution in [0.15, 0.2) is 30.6 Å². The predicted octanol–water partition coefficient (Wildman–Crippen LogP) is 2.52. The van der Waals surface area contributed by atoms with Crippen LogP contribution < -0.4 is 11.1 Å². The summed E-state index contributed by atoms with van der Waals surface area (Å²) in [4.78, 5) is 27.8. The number of pyridine rings is 1. The molecule has 8 heteroatoms. The van der Waals surface area contributed by atoms with E-state index >= 15 is 0 Å². The van der Waals surface area contributed by atoms with E-state index in [4.69, 9.17) is 5.73 Å². The second-order valence-corrected chi connectivity index (χ2v) is 7.06. The number of anilines is 2. The van der Waals surface area contributed by atoms with E-state index in [1.165, 1.54) is 11.3 Å². The number of fused-ring (bicyclic) bond motifs is 1. The summed E-state index contributed by atoms with van der Waals surface area (Å²) in [5.74, 6) is 0.382. The van der Waals surface area contributed by atoms with Crippen molar-refractivity contribution in [3.05, 3.63) is 41.9 Å². The summed E-state index contributed by atoms with van der Waals surface area (Å²) < 4.78 is 0.751. The van der Waals surface area contributed by atoms with Crippen LogP contribution in [0.1, 0.15) is 28.9 Å². The van der Waals surface area contributed by atoms with E-state index in [1.54, 1.807) is 18.5 Å². The summed E-state index contributed by atoms with van der Waals surface area (Å²) >= 11 is 1.36. The number of nitrogens with zero attached hydrogens (tertiary/aromatic N) is 4. The van der Waals surface area contributed by atoms with Gasteiger partial charge in [-0.25, -0.2) is 9.97 Å². The van der Waals surface area contributed by atoms with E-state index in [0.717, 1.165) is 36.2 Å². The number of nitrogens with two attached hydrogens (primary N) is 1. The van der Waals surface area contributed by atoms with Crippen molar-refractivity contribution in [3.63, 3.8) is 0 Å². The smallest absolute Gasteiger partial charge is 0.274 e. The van der Waals surface area contributed by atoms with E-state index in [1.807, 2.05) is 17.0 Å². The third kappa shape index (κ3) is 3.25. The van der Waals surface area contributed by atoms with Gasteiger partial charge in [0.15, 0.2) is 5.69 Å². The summed E-state index contributed by atoms with van der Waals surface area (Å²) in [6, 6.07) is 5.64. The first kappa shape index (κ1) is 15.8. The molecule has 3 aromatic heterocycles. The fourth-order valence-electron chi connectivity index (χ4n) is 2.93. The van der Waals surface area contributed by atoms with Crippen molar-refractivity contribution in [3.8, 4) is 0 Å². The Bertz CT molecular complexity index is 904. The first-order valence-corrected chi connectivity index (χ1v) is 9.01. The zero-order valence-corrected chi connectivity index (χ0v) is 14.4.